The predicted molar refractivity (Wildman–Crippen MR) is 122 cm³/mol. The number of ketones is 1. The van der Waals surface area contributed by atoms with Crippen molar-refractivity contribution >= 4 is 28.1 Å². The number of rotatable bonds is 8. The summed E-state index contributed by atoms with van der Waals surface area (Å²) in [5, 5.41) is 0. The van der Waals surface area contributed by atoms with Gasteiger partial charge in [0.2, 0.25) is 11.3 Å². The number of hydrogen-bond acceptors (Lipinski definition) is 4. The van der Waals surface area contributed by atoms with Crippen LogP contribution < -0.4 is 4.72 Å². The zero-order chi connectivity index (χ0) is 22.5. The molecule has 4 aromatic rings. The van der Waals surface area contributed by atoms with E-state index in [1.807, 2.05) is 30.3 Å². The maximum atomic E-state index is 15.0. The van der Waals surface area contributed by atoms with E-state index < -0.39 is 22.9 Å². The molecule has 0 saturated carbocycles. The van der Waals surface area contributed by atoms with Crippen molar-refractivity contribution in [3.8, 4) is 11.3 Å². The number of halogens is 1. The molecule has 0 spiro atoms. The zero-order valence-corrected chi connectivity index (χ0v) is 17.8. The van der Waals surface area contributed by atoms with E-state index in [1.54, 1.807) is 36.5 Å². The molecule has 0 saturated heterocycles. The average Bonchev–Trinajstić information content (AvgIpc) is 2.82. The van der Waals surface area contributed by atoms with Gasteiger partial charge in [0, 0.05) is 17.7 Å². The highest BCUT2D eigenvalue weighted by atomic mass is 32.2. The van der Waals surface area contributed by atoms with Crippen molar-refractivity contribution in [2.75, 3.05) is 6.54 Å². The van der Waals surface area contributed by atoms with E-state index in [2.05, 4.69) is 14.7 Å². The van der Waals surface area contributed by atoms with Crippen LogP contribution in [-0.2, 0) is 17.7 Å². The van der Waals surface area contributed by atoms with Crippen LogP contribution in [0.3, 0.4) is 0 Å². The SMILES string of the molecule is O=C(c1ccc2ncc(-c3ccccc3)nc2c1)c1cccc(CCCNS(=O)O)c1F. The van der Waals surface area contributed by atoms with Gasteiger partial charge in [0.15, 0.2) is 5.78 Å². The lowest BCUT2D eigenvalue weighted by molar-refractivity contribution is 0.103. The number of aromatic nitrogens is 2. The lowest BCUT2D eigenvalue weighted by Gasteiger charge is -2.09. The van der Waals surface area contributed by atoms with Crippen molar-refractivity contribution in [1.82, 2.24) is 14.7 Å². The maximum absolute atomic E-state index is 15.0. The quantitative estimate of drug-likeness (QED) is 0.237. The molecule has 4 rings (SSSR count). The fraction of sp³-hybridized carbons (Fsp3) is 0.125. The summed E-state index contributed by atoms with van der Waals surface area (Å²) in [7, 11) is 0. The van der Waals surface area contributed by atoms with Crippen LogP contribution in [0.15, 0.2) is 72.9 Å². The lowest BCUT2D eigenvalue weighted by atomic mass is 9.98. The number of fused-ring (bicyclic) bond motifs is 1. The van der Waals surface area contributed by atoms with E-state index in [0.717, 1.165) is 5.56 Å². The number of carbonyl (C=O) groups excluding carboxylic acids is 1. The lowest BCUT2D eigenvalue weighted by Crippen LogP contribution is -2.18. The first kappa shape index (κ1) is 21.9. The number of benzene rings is 3. The Labute approximate surface area is 187 Å². The second kappa shape index (κ2) is 9.86. The van der Waals surface area contributed by atoms with Crippen LogP contribution in [0.2, 0.25) is 0 Å². The molecular formula is C24H20FN3O3S. The summed E-state index contributed by atoms with van der Waals surface area (Å²) >= 11 is -2.10. The number of hydrogen-bond donors (Lipinski definition) is 2. The van der Waals surface area contributed by atoms with Gasteiger partial charge in [-0.25, -0.2) is 18.3 Å². The van der Waals surface area contributed by atoms with Gasteiger partial charge in [0.25, 0.3) is 0 Å². The minimum atomic E-state index is -2.10. The van der Waals surface area contributed by atoms with Gasteiger partial charge >= 0.3 is 0 Å². The van der Waals surface area contributed by atoms with Gasteiger partial charge in [0.05, 0.1) is 28.5 Å². The molecule has 0 aliphatic carbocycles. The van der Waals surface area contributed by atoms with Crippen molar-refractivity contribution in [3.05, 3.63) is 95.4 Å². The number of carbonyl (C=O) groups is 1. The standard InChI is InChI=1S/C24H20FN3O3S/c25-23-17(9-5-13-27-32(30)31)8-4-10-19(23)24(29)18-11-12-20-21(14-18)28-22(15-26-20)16-6-2-1-3-7-16/h1-4,6-8,10-12,14-15,27H,5,9,13H2,(H,30,31). The highest BCUT2D eigenvalue weighted by molar-refractivity contribution is 7.77. The van der Waals surface area contributed by atoms with Crippen LogP contribution in [0.25, 0.3) is 22.3 Å². The van der Waals surface area contributed by atoms with Gasteiger partial charge in [-0.05, 0) is 42.7 Å². The minimum absolute atomic E-state index is 0.0206. The smallest absolute Gasteiger partial charge is 0.231 e. The number of nitrogens with one attached hydrogen (secondary N) is 1. The molecule has 0 radical (unpaired) electrons. The number of aryl methyl sites for hydroxylation is 1. The Morgan fingerprint density at radius 1 is 1.03 bits per heavy atom. The van der Waals surface area contributed by atoms with Gasteiger partial charge in [-0.3, -0.25) is 14.3 Å². The average molecular weight is 450 g/mol. The minimum Gasteiger partial charge on any atom is -0.294 e. The third-order valence-electron chi connectivity index (χ3n) is 5.05. The first-order chi connectivity index (χ1) is 15.5. The molecule has 1 aromatic heterocycles. The van der Waals surface area contributed by atoms with E-state index in [0.29, 0.717) is 40.7 Å². The Bertz CT molecular complexity index is 1300. The molecule has 1 heterocycles. The fourth-order valence-electron chi connectivity index (χ4n) is 3.44. The molecule has 0 aliphatic rings. The van der Waals surface area contributed by atoms with Crippen molar-refractivity contribution in [2.45, 2.75) is 12.8 Å². The molecule has 32 heavy (non-hydrogen) atoms. The van der Waals surface area contributed by atoms with Gasteiger partial charge < -0.3 is 0 Å². The summed E-state index contributed by atoms with van der Waals surface area (Å²) in [6.45, 7) is 0.258. The van der Waals surface area contributed by atoms with E-state index in [-0.39, 0.29) is 12.1 Å². The summed E-state index contributed by atoms with van der Waals surface area (Å²) in [5.74, 6) is -1.01. The monoisotopic (exact) mass is 449 g/mol. The van der Waals surface area contributed by atoms with Crippen molar-refractivity contribution < 1.29 is 17.9 Å². The Hall–Kier alpha value is -3.33. The highest BCUT2D eigenvalue weighted by Gasteiger charge is 2.17. The molecule has 1 unspecified atom stereocenters. The van der Waals surface area contributed by atoms with E-state index in [9.17, 15) is 9.00 Å². The van der Waals surface area contributed by atoms with Crippen LogP contribution in [-0.4, -0.2) is 31.1 Å². The molecule has 2 N–H and O–H groups in total. The van der Waals surface area contributed by atoms with Crippen LogP contribution in [0.4, 0.5) is 4.39 Å². The predicted octanol–water partition coefficient (Wildman–Crippen LogP) is 4.33. The Balaban J connectivity index is 1.60. The molecule has 0 amide bonds. The first-order valence-electron chi connectivity index (χ1n) is 10.0. The van der Waals surface area contributed by atoms with Crippen molar-refractivity contribution in [1.29, 1.82) is 0 Å². The number of nitrogens with zero attached hydrogens (tertiary/aromatic N) is 2. The summed E-state index contributed by atoms with van der Waals surface area (Å²) in [5.41, 5.74) is 3.48. The van der Waals surface area contributed by atoms with Crippen LogP contribution >= 0.6 is 0 Å². The van der Waals surface area contributed by atoms with E-state index in [1.165, 1.54) is 6.07 Å². The van der Waals surface area contributed by atoms with Gasteiger partial charge in [-0.1, -0.05) is 42.5 Å². The maximum Gasteiger partial charge on any atom is 0.231 e. The van der Waals surface area contributed by atoms with Gasteiger partial charge in [-0.2, -0.15) is 0 Å². The van der Waals surface area contributed by atoms with Crippen LogP contribution in [0.1, 0.15) is 27.9 Å². The molecule has 8 heteroatoms. The Morgan fingerprint density at radius 3 is 2.62 bits per heavy atom. The molecule has 0 bridgehead atoms. The molecule has 0 aliphatic heterocycles. The summed E-state index contributed by atoms with van der Waals surface area (Å²) in [6.07, 6.45) is 2.47. The highest BCUT2D eigenvalue weighted by Crippen LogP contribution is 2.22. The molecule has 0 fully saturated rings. The van der Waals surface area contributed by atoms with E-state index >= 15 is 4.39 Å². The first-order valence-corrected chi connectivity index (χ1v) is 11.1. The second-order valence-corrected chi connectivity index (χ2v) is 7.97. The normalized spacial score (nSPS) is 12.1. The summed E-state index contributed by atoms with van der Waals surface area (Å²) < 4.78 is 36.8. The Kier molecular flexibility index (Phi) is 6.75. The van der Waals surface area contributed by atoms with Crippen molar-refractivity contribution in [2.24, 2.45) is 0 Å². The van der Waals surface area contributed by atoms with Crippen LogP contribution in [0, 0.1) is 5.82 Å². The molecule has 1 atom stereocenters. The zero-order valence-electron chi connectivity index (χ0n) is 17.0. The molecule has 6 nitrogen and oxygen atoms in total. The third kappa shape index (κ3) is 4.94. The van der Waals surface area contributed by atoms with Crippen molar-refractivity contribution in [3.63, 3.8) is 0 Å². The molecular weight excluding hydrogens is 429 g/mol. The van der Waals surface area contributed by atoms with Gasteiger partial charge in [0.1, 0.15) is 5.82 Å². The summed E-state index contributed by atoms with van der Waals surface area (Å²) in [4.78, 5) is 22.1. The topological polar surface area (TPSA) is 92.2 Å². The van der Waals surface area contributed by atoms with Gasteiger partial charge in [-0.15, -0.1) is 0 Å². The Morgan fingerprint density at radius 2 is 1.84 bits per heavy atom. The van der Waals surface area contributed by atoms with Crippen LogP contribution in [0.5, 0.6) is 0 Å². The molecule has 3 aromatic carbocycles. The fourth-order valence-corrected chi connectivity index (χ4v) is 3.76. The third-order valence-corrected chi connectivity index (χ3v) is 5.50. The van der Waals surface area contributed by atoms with E-state index in [4.69, 9.17) is 4.55 Å². The largest absolute Gasteiger partial charge is 0.294 e. The second-order valence-electron chi connectivity index (χ2n) is 7.18. The summed E-state index contributed by atoms with van der Waals surface area (Å²) in [6, 6.07) is 19.3. The molecule has 162 valence electrons.